The van der Waals surface area contributed by atoms with E-state index in [2.05, 4.69) is 0 Å². The summed E-state index contributed by atoms with van der Waals surface area (Å²) in [5.74, 6) is 0. The second-order valence-electron chi connectivity index (χ2n) is 2.03. The van der Waals surface area contributed by atoms with Gasteiger partial charge in [-0.3, -0.25) is 0 Å². The Labute approximate surface area is 49.3 Å². The van der Waals surface area contributed by atoms with Crippen molar-refractivity contribution in [3.8, 4) is 0 Å². The summed E-state index contributed by atoms with van der Waals surface area (Å²) < 4.78 is 5.47. The van der Waals surface area contributed by atoms with E-state index >= 15 is 0 Å². The SMILES string of the molecule is C1CC[SiH2]O[SiH2]C1. The normalized spacial score (nSPS) is 30.9. The zero-order valence-electron chi connectivity index (χ0n) is 4.65. The molecule has 0 saturated carbocycles. The molecule has 1 fully saturated rings. The molecule has 0 aromatic heterocycles. The van der Waals surface area contributed by atoms with Crippen LogP contribution in [0.3, 0.4) is 0 Å². The molecule has 1 saturated heterocycles. The summed E-state index contributed by atoms with van der Waals surface area (Å²) in [7, 11) is 0.0710. The Balaban J connectivity index is 2.04. The molecule has 1 rings (SSSR count). The van der Waals surface area contributed by atoms with Crippen LogP contribution in [0.2, 0.25) is 12.1 Å². The quantitative estimate of drug-likeness (QED) is 0.415. The lowest BCUT2D eigenvalue weighted by Crippen LogP contribution is -1.97. The van der Waals surface area contributed by atoms with E-state index < -0.39 is 0 Å². The fraction of sp³-hybridized carbons (Fsp3) is 1.00. The molecule has 0 spiro atoms. The highest BCUT2D eigenvalue weighted by Crippen LogP contribution is 2.03. The summed E-state index contributed by atoms with van der Waals surface area (Å²) in [6, 6.07) is 2.90. The zero-order chi connectivity index (χ0) is 4.95. The van der Waals surface area contributed by atoms with Gasteiger partial charge in [0.25, 0.3) is 0 Å². The van der Waals surface area contributed by atoms with Crippen molar-refractivity contribution < 1.29 is 4.12 Å². The Morgan fingerprint density at radius 1 is 1.00 bits per heavy atom. The summed E-state index contributed by atoms with van der Waals surface area (Å²) in [4.78, 5) is 0. The van der Waals surface area contributed by atoms with Gasteiger partial charge >= 0.3 is 0 Å². The summed E-state index contributed by atoms with van der Waals surface area (Å²) in [5.41, 5.74) is 0. The van der Waals surface area contributed by atoms with E-state index in [9.17, 15) is 0 Å². The Morgan fingerprint density at radius 2 is 1.57 bits per heavy atom. The van der Waals surface area contributed by atoms with Crippen LogP contribution < -0.4 is 0 Å². The van der Waals surface area contributed by atoms with Gasteiger partial charge in [-0.05, 0) is 12.1 Å². The lowest BCUT2D eigenvalue weighted by atomic mass is 10.4. The number of rotatable bonds is 0. The second-order valence-corrected chi connectivity index (χ2v) is 5.89. The molecule has 1 aliphatic heterocycles. The molecule has 7 heavy (non-hydrogen) atoms. The van der Waals surface area contributed by atoms with Crippen molar-refractivity contribution in [3.05, 3.63) is 0 Å². The first-order valence-electron chi connectivity index (χ1n) is 3.08. The van der Waals surface area contributed by atoms with Crippen molar-refractivity contribution in [2.24, 2.45) is 0 Å². The zero-order valence-corrected chi connectivity index (χ0v) is 7.48. The Morgan fingerprint density at radius 3 is 2.14 bits per heavy atom. The van der Waals surface area contributed by atoms with Crippen LogP contribution in [0.4, 0.5) is 0 Å². The summed E-state index contributed by atoms with van der Waals surface area (Å²) in [6.45, 7) is 0. The van der Waals surface area contributed by atoms with Gasteiger partial charge in [-0.2, -0.15) is 0 Å². The van der Waals surface area contributed by atoms with Crippen molar-refractivity contribution in [3.63, 3.8) is 0 Å². The van der Waals surface area contributed by atoms with E-state index in [1.54, 1.807) is 0 Å². The molecule has 0 bridgehead atoms. The monoisotopic (exact) mass is 132 g/mol. The standard InChI is InChI=1S/C4H12OSi2/c1-2-4-7-5-6-3-1/h1-4,6-7H2. The fourth-order valence-electron chi connectivity index (χ4n) is 0.864. The first-order chi connectivity index (χ1) is 3.50. The van der Waals surface area contributed by atoms with Gasteiger partial charge in [0.1, 0.15) is 19.5 Å². The Bertz CT molecular complexity index is 29.3. The van der Waals surface area contributed by atoms with Crippen molar-refractivity contribution >= 4 is 19.5 Å². The van der Waals surface area contributed by atoms with Gasteiger partial charge in [-0.15, -0.1) is 0 Å². The van der Waals surface area contributed by atoms with Crippen molar-refractivity contribution in [1.82, 2.24) is 0 Å². The highest BCUT2D eigenvalue weighted by Gasteiger charge is 1.96. The molecular formula is C4H12OSi2. The molecule has 0 aromatic rings. The van der Waals surface area contributed by atoms with Gasteiger partial charge < -0.3 is 4.12 Å². The number of hydrogen-bond acceptors (Lipinski definition) is 1. The third kappa shape index (κ3) is 2.26. The van der Waals surface area contributed by atoms with E-state index in [0.29, 0.717) is 0 Å². The van der Waals surface area contributed by atoms with Gasteiger partial charge in [0.2, 0.25) is 0 Å². The summed E-state index contributed by atoms with van der Waals surface area (Å²) >= 11 is 0. The lowest BCUT2D eigenvalue weighted by Gasteiger charge is -1.90. The average Bonchev–Trinajstić information content (AvgIpc) is 1.90. The van der Waals surface area contributed by atoms with E-state index in [-0.39, 0.29) is 19.5 Å². The lowest BCUT2D eigenvalue weighted by molar-refractivity contribution is 0.643. The van der Waals surface area contributed by atoms with E-state index in [1.165, 1.54) is 24.9 Å². The molecule has 0 N–H and O–H groups in total. The van der Waals surface area contributed by atoms with Crippen LogP contribution in [-0.4, -0.2) is 19.5 Å². The molecule has 1 nitrogen and oxygen atoms in total. The van der Waals surface area contributed by atoms with Gasteiger partial charge in [0.15, 0.2) is 0 Å². The van der Waals surface area contributed by atoms with Crippen LogP contribution in [0.25, 0.3) is 0 Å². The Hall–Kier alpha value is 0.394. The van der Waals surface area contributed by atoms with Crippen LogP contribution in [0, 0.1) is 0 Å². The minimum Gasteiger partial charge on any atom is -0.465 e. The first-order valence-corrected chi connectivity index (χ1v) is 6.23. The molecule has 3 heteroatoms. The molecule has 0 aliphatic carbocycles. The minimum atomic E-state index is 0.0355. The van der Waals surface area contributed by atoms with Crippen LogP contribution in [0.1, 0.15) is 12.8 Å². The minimum absolute atomic E-state index is 0.0355. The third-order valence-electron chi connectivity index (χ3n) is 1.33. The number of hydrogen-bond donors (Lipinski definition) is 0. The Kier molecular flexibility index (Phi) is 2.69. The summed E-state index contributed by atoms with van der Waals surface area (Å²) in [5, 5.41) is 0. The first kappa shape index (κ1) is 5.53. The molecule has 0 aromatic carbocycles. The van der Waals surface area contributed by atoms with Crippen LogP contribution >= 0.6 is 0 Å². The molecule has 42 valence electrons. The molecule has 0 unspecified atom stereocenters. The average molecular weight is 132 g/mol. The van der Waals surface area contributed by atoms with Crippen molar-refractivity contribution in [2.45, 2.75) is 24.9 Å². The predicted octanol–water partition coefficient (Wildman–Crippen LogP) is -0.199. The molecule has 1 aliphatic rings. The van der Waals surface area contributed by atoms with Crippen molar-refractivity contribution in [2.75, 3.05) is 0 Å². The third-order valence-corrected chi connectivity index (χ3v) is 5.21. The van der Waals surface area contributed by atoms with E-state index in [4.69, 9.17) is 4.12 Å². The van der Waals surface area contributed by atoms with Crippen LogP contribution in [-0.2, 0) is 4.12 Å². The maximum absolute atomic E-state index is 5.47. The summed E-state index contributed by atoms with van der Waals surface area (Å²) in [6.07, 6.45) is 2.94. The van der Waals surface area contributed by atoms with Crippen molar-refractivity contribution in [1.29, 1.82) is 0 Å². The second kappa shape index (κ2) is 3.40. The molecule has 0 atom stereocenters. The molecule has 1 heterocycles. The topological polar surface area (TPSA) is 9.23 Å². The maximum atomic E-state index is 5.47. The molecular weight excluding hydrogens is 120 g/mol. The van der Waals surface area contributed by atoms with Gasteiger partial charge in [-0.1, -0.05) is 12.8 Å². The largest absolute Gasteiger partial charge is 0.465 e. The smallest absolute Gasteiger partial charge is 0.146 e. The van der Waals surface area contributed by atoms with E-state index in [1.807, 2.05) is 0 Å². The van der Waals surface area contributed by atoms with Gasteiger partial charge in [0, 0.05) is 0 Å². The molecule has 0 amide bonds. The van der Waals surface area contributed by atoms with Crippen LogP contribution in [0.15, 0.2) is 0 Å². The van der Waals surface area contributed by atoms with E-state index in [0.717, 1.165) is 0 Å². The predicted molar refractivity (Wildman–Crippen MR) is 37.0 cm³/mol. The van der Waals surface area contributed by atoms with Gasteiger partial charge in [-0.25, -0.2) is 0 Å². The highest BCUT2D eigenvalue weighted by molar-refractivity contribution is 6.43. The maximum Gasteiger partial charge on any atom is 0.146 e. The highest BCUT2D eigenvalue weighted by atomic mass is 28.3. The van der Waals surface area contributed by atoms with Gasteiger partial charge in [0.05, 0.1) is 0 Å². The molecule has 0 radical (unpaired) electrons. The van der Waals surface area contributed by atoms with Crippen LogP contribution in [0.5, 0.6) is 0 Å². The fourth-order valence-corrected chi connectivity index (χ4v) is 4.43.